The largest absolute Gasteiger partial charge is 0.497 e. The molecule has 0 saturated heterocycles. The van der Waals surface area contributed by atoms with Crippen LogP contribution in [0.4, 0.5) is 5.69 Å². The van der Waals surface area contributed by atoms with Gasteiger partial charge in [0.25, 0.3) is 8.61 Å². The molecule has 2 N–H and O–H groups in total. The number of aryl methyl sites for hydroxylation is 2. The van der Waals surface area contributed by atoms with E-state index in [4.69, 9.17) is 15.3 Å². The minimum Gasteiger partial charge on any atom is -0.497 e. The minimum atomic E-state index is -0.267. The highest BCUT2D eigenvalue weighted by atomic mass is 31.1. The van der Waals surface area contributed by atoms with Crippen molar-refractivity contribution in [2.75, 3.05) is 11.9 Å². The zero-order valence-corrected chi connectivity index (χ0v) is 17.1. The maximum Gasteiger partial charge on any atom is 0.297 e. The standard InChI is InChI=1S/C22H23N2O3P/c1-15-5-4-6-22(24(23)28-25)21(15)14-27-19-10-7-16(2)20(13-19)17-8-11-18(26-3)12-9-17/h4-13H,14,23H2,1-3H3. The number of hydrogen-bond acceptors (Lipinski definition) is 4. The molecule has 3 aromatic rings. The van der Waals surface area contributed by atoms with Crippen LogP contribution in [0.1, 0.15) is 16.7 Å². The molecule has 3 aromatic carbocycles. The first-order valence-corrected chi connectivity index (χ1v) is 9.64. The Morgan fingerprint density at radius 2 is 1.68 bits per heavy atom. The van der Waals surface area contributed by atoms with Gasteiger partial charge in [-0.3, -0.25) is 0 Å². The fourth-order valence-electron chi connectivity index (χ4n) is 3.06. The second-order valence-corrected chi connectivity index (χ2v) is 7.09. The second-order valence-electron chi connectivity index (χ2n) is 6.49. The van der Waals surface area contributed by atoms with Crippen LogP contribution >= 0.6 is 8.61 Å². The summed E-state index contributed by atoms with van der Waals surface area (Å²) in [5, 5.41) is 0. The quantitative estimate of drug-likeness (QED) is 0.328. The zero-order valence-electron chi connectivity index (χ0n) is 16.2. The summed E-state index contributed by atoms with van der Waals surface area (Å²) in [7, 11) is 1.39. The van der Waals surface area contributed by atoms with Gasteiger partial charge in [0.05, 0.1) is 12.8 Å². The van der Waals surface area contributed by atoms with Crippen molar-refractivity contribution >= 4 is 14.3 Å². The molecule has 0 saturated carbocycles. The smallest absolute Gasteiger partial charge is 0.297 e. The van der Waals surface area contributed by atoms with Crippen molar-refractivity contribution in [3.63, 3.8) is 0 Å². The molecule has 0 radical (unpaired) electrons. The summed E-state index contributed by atoms with van der Waals surface area (Å²) in [5.41, 5.74) is 5.97. The van der Waals surface area contributed by atoms with Gasteiger partial charge in [0.2, 0.25) is 0 Å². The molecular weight excluding hydrogens is 371 g/mol. The minimum absolute atomic E-state index is 0.267. The van der Waals surface area contributed by atoms with E-state index in [1.54, 1.807) is 7.11 Å². The number of benzene rings is 3. The van der Waals surface area contributed by atoms with Gasteiger partial charge in [0.15, 0.2) is 0 Å². The molecule has 5 nitrogen and oxygen atoms in total. The number of ether oxygens (including phenoxy) is 2. The monoisotopic (exact) mass is 394 g/mol. The normalized spacial score (nSPS) is 10.7. The van der Waals surface area contributed by atoms with Gasteiger partial charge < -0.3 is 9.47 Å². The lowest BCUT2D eigenvalue weighted by atomic mass is 10.0. The average molecular weight is 394 g/mol. The van der Waals surface area contributed by atoms with Crippen LogP contribution in [-0.2, 0) is 11.2 Å². The predicted molar refractivity (Wildman–Crippen MR) is 113 cm³/mol. The van der Waals surface area contributed by atoms with Crippen LogP contribution in [0.2, 0.25) is 0 Å². The maximum absolute atomic E-state index is 11.2. The molecule has 0 fully saturated rings. The number of methoxy groups -OCH3 is 1. The van der Waals surface area contributed by atoms with Crippen molar-refractivity contribution in [2.24, 2.45) is 5.84 Å². The molecule has 3 rings (SSSR count). The van der Waals surface area contributed by atoms with Gasteiger partial charge in [0, 0.05) is 5.56 Å². The molecule has 0 aliphatic rings. The summed E-state index contributed by atoms with van der Waals surface area (Å²) in [6.45, 7) is 4.38. The van der Waals surface area contributed by atoms with E-state index < -0.39 is 0 Å². The molecule has 0 aromatic heterocycles. The lowest BCUT2D eigenvalue weighted by Crippen LogP contribution is -2.21. The third-order valence-corrected chi connectivity index (χ3v) is 5.10. The van der Waals surface area contributed by atoms with Gasteiger partial charge >= 0.3 is 0 Å². The maximum atomic E-state index is 11.2. The van der Waals surface area contributed by atoms with Gasteiger partial charge in [-0.15, -0.1) is 0 Å². The molecule has 0 amide bonds. The van der Waals surface area contributed by atoms with E-state index in [1.807, 2.05) is 67.6 Å². The summed E-state index contributed by atoms with van der Waals surface area (Å²) < 4.78 is 23.6. The Bertz CT molecular complexity index is 974. The highest BCUT2D eigenvalue weighted by molar-refractivity contribution is 7.25. The highest BCUT2D eigenvalue weighted by Crippen LogP contribution is 2.31. The van der Waals surface area contributed by atoms with Gasteiger partial charge in [-0.2, -0.15) is 0 Å². The van der Waals surface area contributed by atoms with Crippen LogP contribution in [-0.4, -0.2) is 7.11 Å². The Morgan fingerprint density at radius 3 is 2.36 bits per heavy atom. The van der Waals surface area contributed by atoms with E-state index in [1.165, 1.54) is 4.78 Å². The van der Waals surface area contributed by atoms with E-state index in [9.17, 15) is 4.57 Å². The van der Waals surface area contributed by atoms with Crippen LogP contribution < -0.4 is 20.1 Å². The number of anilines is 1. The first kappa shape index (κ1) is 19.9. The fourth-order valence-corrected chi connectivity index (χ4v) is 3.34. The van der Waals surface area contributed by atoms with Crippen LogP contribution in [0, 0.1) is 13.8 Å². The van der Waals surface area contributed by atoms with Crippen LogP contribution in [0.15, 0.2) is 60.7 Å². The summed E-state index contributed by atoms with van der Waals surface area (Å²) in [4.78, 5) is 0. The predicted octanol–water partition coefficient (Wildman–Crippen LogP) is 5.44. The number of hydrogen-bond donors (Lipinski definition) is 1. The lowest BCUT2D eigenvalue weighted by Gasteiger charge is -2.18. The number of nitrogens with two attached hydrogens (primary N) is 1. The van der Waals surface area contributed by atoms with E-state index in [0.29, 0.717) is 12.3 Å². The highest BCUT2D eigenvalue weighted by Gasteiger charge is 2.12. The van der Waals surface area contributed by atoms with Crippen molar-refractivity contribution in [1.82, 2.24) is 0 Å². The molecular formula is C22H23N2O3P. The summed E-state index contributed by atoms with van der Waals surface area (Å²) in [6, 6.07) is 19.7. The molecule has 0 heterocycles. The third kappa shape index (κ3) is 4.33. The van der Waals surface area contributed by atoms with Gasteiger partial charge in [-0.1, -0.05) is 30.3 Å². The first-order valence-electron chi connectivity index (χ1n) is 8.88. The Balaban J connectivity index is 1.86. The van der Waals surface area contributed by atoms with E-state index in [2.05, 4.69) is 6.92 Å². The van der Waals surface area contributed by atoms with Gasteiger partial charge in [-0.25, -0.2) is 15.2 Å². The van der Waals surface area contributed by atoms with Crippen molar-refractivity contribution in [3.8, 4) is 22.6 Å². The third-order valence-electron chi connectivity index (χ3n) is 4.71. The summed E-state index contributed by atoms with van der Waals surface area (Å²) in [5.74, 6) is 7.40. The van der Waals surface area contributed by atoms with Crippen LogP contribution in [0.3, 0.4) is 0 Å². The Hall–Kier alpha value is -2.88. The molecule has 0 aliphatic heterocycles. The summed E-state index contributed by atoms with van der Waals surface area (Å²) in [6.07, 6.45) is 0. The molecule has 0 unspecified atom stereocenters. The fraction of sp³-hybridized carbons (Fsp3) is 0.182. The molecule has 28 heavy (non-hydrogen) atoms. The van der Waals surface area contributed by atoms with Crippen molar-refractivity contribution < 1.29 is 14.0 Å². The molecule has 144 valence electrons. The molecule has 6 heteroatoms. The lowest BCUT2D eigenvalue weighted by molar-refractivity contribution is 0.306. The number of hydrazine groups is 1. The molecule has 0 bridgehead atoms. The van der Waals surface area contributed by atoms with Crippen LogP contribution in [0.5, 0.6) is 11.5 Å². The molecule has 0 aliphatic carbocycles. The van der Waals surface area contributed by atoms with Crippen molar-refractivity contribution in [3.05, 3.63) is 77.4 Å². The molecule has 0 atom stereocenters. The Labute approximate surface area is 166 Å². The van der Waals surface area contributed by atoms with Crippen molar-refractivity contribution in [1.29, 1.82) is 0 Å². The Kier molecular flexibility index (Phi) is 6.30. The summed E-state index contributed by atoms with van der Waals surface area (Å²) >= 11 is 0. The van der Waals surface area contributed by atoms with Gasteiger partial charge in [0.1, 0.15) is 18.1 Å². The topological polar surface area (TPSA) is 64.8 Å². The second kappa shape index (κ2) is 8.87. The zero-order chi connectivity index (χ0) is 20.1. The average Bonchev–Trinajstić information content (AvgIpc) is 2.73. The SMILES string of the molecule is COc1ccc(-c2cc(OCc3c(C)cccc3N(N)P=O)ccc2C)cc1. The number of rotatable bonds is 7. The van der Waals surface area contributed by atoms with Crippen LogP contribution in [0.25, 0.3) is 11.1 Å². The first-order chi connectivity index (χ1) is 13.5. The van der Waals surface area contributed by atoms with Gasteiger partial charge in [-0.05, 0) is 66.4 Å². The number of nitrogens with zero attached hydrogens (tertiary/aromatic N) is 1. The van der Waals surface area contributed by atoms with E-state index in [0.717, 1.165) is 39.3 Å². The Morgan fingerprint density at radius 1 is 0.964 bits per heavy atom. The van der Waals surface area contributed by atoms with Crippen molar-refractivity contribution in [2.45, 2.75) is 20.5 Å². The van der Waals surface area contributed by atoms with E-state index >= 15 is 0 Å². The molecule has 0 spiro atoms. The van der Waals surface area contributed by atoms with E-state index in [-0.39, 0.29) is 8.61 Å².